The lowest BCUT2D eigenvalue weighted by Crippen LogP contribution is -3.28. The highest BCUT2D eigenvalue weighted by molar-refractivity contribution is 5.79. The second-order valence-electron chi connectivity index (χ2n) is 8.82. The third-order valence-electron chi connectivity index (χ3n) is 7.12. The number of quaternary nitrogens is 4. The van der Waals surface area contributed by atoms with Crippen molar-refractivity contribution in [1.29, 1.82) is 0 Å². The molecule has 0 unspecified atom stereocenters. The minimum atomic E-state index is 0.270. The van der Waals surface area contributed by atoms with Crippen LogP contribution < -0.4 is 19.6 Å². The highest BCUT2D eigenvalue weighted by Crippen LogP contribution is 2.01. The zero-order valence-corrected chi connectivity index (χ0v) is 18.0. The van der Waals surface area contributed by atoms with Crippen LogP contribution >= 0.6 is 0 Å². The topological polar surface area (TPSA) is 58.4 Å². The number of likely N-dealkylation sites (N-methyl/N-ethyl adjacent to an activating group) is 2. The first-order chi connectivity index (χ1) is 13.6. The van der Waals surface area contributed by atoms with E-state index in [4.69, 9.17) is 0 Å². The van der Waals surface area contributed by atoms with Gasteiger partial charge in [0.15, 0.2) is 13.1 Å². The van der Waals surface area contributed by atoms with Crippen molar-refractivity contribution in [3.63, 3.8) is 0 Å². The molecule has 0 aromatic carbocycles. The highest BCUT2D eigenvalue weighted by Gasteiger charge is 2.31. The predicted octanol–water partition coefficient (Wildman–Crippen LogP) is -6.74. The van der Waals surface area contributed by atoms with Gasteiger partial charge in [0.1, 0.15) is 52.4 Å². The molecule has 3 heterocycles. The number of hydrogen-bond acceptors (Lipinski definition) is 2. The second kappa shape index (κ2) is 10.5. The van der Waals surface area contributed by atoms with E-state index in [1.807, 2.05) is 9.80 Å². The van der Waals surface area contributed by atoms with Crippen molar-refractivity contribution in [2.24, 2.45) is 0 Å². The van der Waals surface area contributed by atoms with Gasteiger partial charge in [-0.3, -0.25) is 9.59 Å². The molecule has 3 aliphatic heterocycles. The van der Waals surface area contributed by atoms with Gasteiger partial charge in [-0.1, -0.05) is 0 Å². The molecule has 3 rings (SSSR count). The number of carbonyl (C=O) groups is 2. The van der Waals surface area contributed by atoms with E-state index in [1.54, 1.807) is 9.80 Å². The average Bonchev–Trinajstić information content (AvgIpc) is 2.75. The molecule has 0 aromatic rings. The SMILES string of the molecule is CC[NH+]1CC[NH+](CC(=O)N2CCN(C(=O)C[NH+]3CC[NH+](CC)CC3)CC2)CC1. The highest BCUT2D eigenvalue weighted by atomic mass is 16.2. The third-order valence-corrected chi connectivity index (χ3v) is 7.12. The van der Waals surface area contributed by atoms with Gasteiger partial charge in [-0.05, 0) is 13.8 Å². The first-order valence-electron chi connectivity index (χ1n) is 11.5. The molecule has 3 saturated heterocycles. The Morgan fingerprint density at radius 3 is 1.14 bits per heavy atom. The van der Waals surface area contributed by atoms with Crippen LogP contribution in [0.1, 0.15) is 13.8 Å². The van der Waals surface area contributed by atoms with Crippen LogP contribution in [0, 0.1) is 0 Å². The Kier molecular flexibility index (Phi) is 8.08. The van der Waals surface area contributed by atoms with Crippen LogP contribution in [0.3, 0.4) is 0 Å². The van der Waals surface area contributed by atoms with Crippen molar-refractivity contribution in [2.75, 3.05) is 105 Å². The molecule has 0 aromatic heterocycles. The maximum atomic E-state index is 12.7. The van der Waals surface area contributed by atoms with Gasteiger partial charge in [0, 0.05) is 26.2 Å². The fraction of sp³-hybridized carbons (Fsp3) is 0.900. The lowest BCUT2D eigenvalue weighted by Gasteiger charge is -2.36. The first kappa shape index (κ1) is 21.5. The van der Waals surface area contributed by atoms with Gasteiger partial charge < -0.3 is 29.4 Å². The molecule has 0 radical (unpaired) electrons. The molecule has 0 saturated carbocycles. The number of piperazine rings is 3. The third kappa shape index (κ3) is 5.89. The van der Waals surface area contributed by atoms with E-state index in [0.717, 1.165) is 26.2 Å². The van der Waals surface area contributed by atoms with E-state index in [-0.39, 0.29) is 11.8 Å². The normalized spacial score (nSPS) is 31.6. The van der Waals surface area contributed by atoms with Crippen molar-refractivity contribution < 1.29 is 29.2 Å². The van der Waals surface area contributed by atoms with Gasteiger partial charge in [0.2, 0.25) is 0 Å². The standard InChI is InChI=1S/C20H38N6O2/c1-3-21-5-9-23(10-6-21)17-19(27)25-13-15-26(16-14-25)20(28)18-24-11-7-22(4-2)8-12-24/h3-18H2,1-2H3/p+4. The molecule has 2 amide bonds. The Labute approximate surface area is 170 Å². The molecular formula is C20H42N6O2+4. The Morgan fingerprint density at radius 2 is 0.857 bits per heavy atom. The summed E-state index contributed by atoms with van der Waals surface area (Å²) in [6, 6.07) is 0. The quantitative estimate of drug-likeness (QED) is 0.360. The number of amides is 2. The van der Waals surface area contributed by atoms with E-state index in [2.05, 4.69) is 13.8 Å². The minimum absolute atomic E-state index is 0.270. The van der Waals surface area contributed by atoms with Crippen molar-refractivity contribution in [1.82, 2.24) is 9.80 Å². The summed E-state index contributed by atoms with van der Waals surface area (Å²) in [5.41, 5.74) is 0. The van der Waals surface area contributed by atoms with Crippen LogP contribution in [-0.2, 0) is 9.59 Å². The number of nitrogens with zero attached hydrogens (tertiary/aromatic N) is 2. The Morgan fingerprint density at radius 1 is 0.571 bits per heavy atom. The van der Waals surface area contributed by atoms with Crippen LogP contribution in [0.5, 0.6) is 0 Å². The summed E-state index contributed by atoms with van der Waals surface area (Å²) in [6.45, 7) is 20.0. The number of rotatable bonds is 6. The lowest BCUT2D eigenvalue weighted by molar-refractivity contribution is -1.01. The van der Waals surface area contributed by atoms with Crippen molar-refractivity contribution >= 4 is 11.8 Å². The Hall–Kier alpha value is -1.22. The van der Waals surface area contributed by atoms with Crippen LogP contribution in [0.4, 0.5) is 0 Å². The zero-order chi connectivity index (χ0) is 19.9. The van der Waals surface area contributed by atoms with Crippen LogP contribution in [-0.4, -0.2) is 126 Å². The molecule has 3 fully saturated rings. The van der Waals surface area contributed by atoms with E-state index < -0.39 is 0 Å². The summed E-state index contributed by atoms with van der Waals surface area (Å²) in [4.78, 5) is 35.4. The van der Waals surface area contributed by atoms with Gasteiger partial charge in [-0.15, -0.1) is 0 Å². The van der Waals surface area contributed by atoms with Crippen molar-refractivity contribution in [3.8, 4) is 0 Å². The van der Waals surface area contributed by atoms with Crippen LogP contribution in [0.15, 0.2) is 0 Å². The monoisotopic (exact) mass is 398 g/mol. The Bertz CT molecular complexity index is 461. The average molecular weight is 399 g/mol. The fourth-order valence-corrected chi connectivity index (χ4v) is 4.83. The zero-order valence-electron chi connectivity index (χ0n) is 18.0. The van der Waals surface area contributed by atoms with Crippen molar-refractivity contribution in [3.05, 3.63) is 0 Å². The molecule has 3 aliphatic rings. The molecule has 4 N–H and O–H groups in total. The lowest BCUT2D eigenvalue weighted by atomic mass is 10.2. The van der Waals surface area contributed by atoms with Gasteiger partial charge in [-0.2, -0.15) is 0 Å². The minimum Gasteiger partial charge on any atom is -0.334 e. The van der Waals surface area contributed by atoms with E-state index in [1.165, 1.54) is 49.1 Å². The van der Waals surface area contributed by atoms with Crippen LogP contribution in [0.2, 0.25) is 0 Å². The van der Waals surface area contributed by atoms with E-state index in [9.17, 15) is 9.59 Å². The molecule has 160 valence electrons. The largest absolute Gasteiger partial charge is 0.334 e. The summed E-state index contributed by atoms with van der Waals surface area (Å²) in [5, 5.41) is 0. The maximum absolute atomic E-state index is 12.7. The summed E-state index contributed by atoms with van der Waals surface area (Å²) in [6.07, 6.45) is 0. The van der Waals surface area contributed by atoms with E-state index in [0.29, 0.717) is 39.3 Å². The fourth-order valence-electron chi connectivity index (χ4n) is 4.83. The number of hydrogen-bond donors (Lipinski definition) is 4. The van der Waals surface area contributed by atoms with E-state index >= 15 is 0 Å². The summed E-state index contributed by atoms with van der Waals surface area (Å²) < 4.78 is 0. The maximum Gasteiger partial charge on any atom is 0.277 e. The van der Waals surface area contributed by atoms with Gasteiger partial charge in [-0.25, -0.2) is 0 Å². The summed E-state index contributed by atoms with van der Waals surface area (Å²) in [5.74, 6) is 0.540. The smallest absolute Gasteiger partial charge is 0.277 e. The molecule has 0 aliphatic carbocycles. The summed E-state index contributed by atoms with van der Waals surface area (Å²) >= 11 is 0. The van der Waals surface area contributed by atoms with Gasteiger partial charge in [0.05, 0.1) is 13.1 Å². The van der Waals surface area contributed by atoms with Gasteiger partial charge >= 0.3 is 0 Å². The van der Waals surface area contributed by atoms with Gasteiger partial charge in [0.25, 0.3) is 11.8 Å². The summed E-state index contributed by atoms with van der Waals surface area (Å²) in [7, 11) is 0. The first-order valence-corrected chi connectivity index (χ1v) is 11.5. The molecule has 0 spiro atoms. The molecule has 8 heteroatoms. The molecule has 0 atom stereocenters. The van der Waals surface area contributed by atoms with Crippen LogP contribution in [0.25, 0.3) is 0 Å². The number of carbonyl (C=O) groups excluding carboxylic acids is 2. The molecular weight excluding hydrogens is 356 g/mol. The molecule has 8 nitrogen and oxygen atoms in total. The second-order valence-corrected chi connectivity index (χ2v) is 8.82. The van der Waals surface area contributed by atoms with Crippen molar-refractivity contribution in [2.45, 2.75) is 13.8 Å². The Balaban J connectivity index is 1.34. The molecule has 0 bridgehead atoms. The molecule has 28 heavy (non-hydrogen) atoms. The predicted molar refractivity (Wildman–Crippen MR) is 107 cm³/mol. The number of nitrogens with one attached hydrogen (secondary N) is 4.